The molecule has 0 saturated heterocycles. The van der Waals surface area contributed by atoms with E-state index in [9.17, 15) is 4.79 Å². The molecule has 5 rings (SSSR count). The molecule has 0 bridgehead atoms. The molecule has 1 aromatic heterocycles. The van der Waals surface area contributed by atoms with Crippen LogP contribution in [0.2, 0.25) is 0 Å². The van der Waals surface area contributed by atoms with Gasteiger partial charge in [-0.1, -0.05) is 37.3 Å². The molecule has 4 nitrogen and oxygen atoms in total. The van der Waals surface area contributed by atoms with Crippen molar-refractivity contribution in [3.05, 3.63) is 53.8 Å². The van der Waals surface area contributed by atoms with E-state index in [0.717, 1.165) is 31.4 Å². The molecule has 128 valence electrons. The molecule has 0 unspecified atom stereocenters. The standard InChI is InChI=1S/C21H22N2O2/c1-3-21-10-6-11-22-12-9-15-14-7-4-5-8-16(14)23(18(15)19(21)22)17(13-21)20(24)25-2/h4-8,10,13,19H,3,9,11-12H2,1-2H3/t19-,21-/m0/s1. The molecular formula is C21H22N2O2. The third-order valence-corrected chi connectivity index (χ3v) is 6.22. The molecule has 25 heavy (non-hydrogen) atoms. The van der Waals surface area contributed by atoms with E-state index in [2.05, 4.69) is 52.8 Å². The second-order valence-corrected chi connectivity index (χ2v) is 7.25. The van der Waals surface area contributed by atoms with Gasteiger partial charge in [-0.15, -0.1) is 0 Å². The van der Waals surface area contributed by atoms with E-state index in [4.69, 9.17) is 4.74 Å². The van der Waals surface area contributed by atoms with Crippen molar-refractivity contribution in [3.63, 3.8) is 0 Å². The Morgan fingerprint density at radius 3 is 3.00 bits per heavy atom. The van der Waals surface area contributed by atoms with Crippen LogP contribution in [0.25, 0.3) is 16.6 Å². The summed E-state index contributed by atoms with van der Waals surface area (Å²) in [5.74, 6) is -0.258. The number of aromatic nitrogens is 1. The first-order valence-corrected chi connectivity index (χ1v) is 9.05. The summed E-state index contributed by atoms with van der Waals surface area (Å²) < 4.78 is 7.32. The summed E-state index contributed by atoms with van der Waals surface area (Å²) in [4.78, 5) is 15.2. The van der Waals surface area contributed by atoms with E-state index in [1.807, 2.05) is 6.07 Å². The van der Waals surface area contributed by atoms with Crippen LogP contribution in [0.1, 0.15) is 30.6 Å². The largest absolute Gasteiger partial charge is 0.464 e. The van der Waals surface area contributed by atoms with E-state index in [1.54, 1.807) is 0 Å². The Labute approximate surface area is 147 Å². The second-order valence-electron chi connectivity index (χ2n) is 7.25. The normalized spacial score (nSPS) is 27.1. The van der Waals surface area contributed by atoms with E-state index < -0.39 is 0 Å². The quantitative estimate of drug-likeness (QED) is 0.622. The Balaban J connectivity index is 1.92. The predicted molar refractivity (Wildman–Crippen MR) is 98.1 cm³/mol. The first-order valence-electron chi connectivity index (χ1n) is 9.05. The number of fused-ring (bicyclic) bond motifs is 3. The monoisotopic (exact) mass is 334 g/mol. The van der Waals surface area contributed by atoms with Crippen LogP contribution in [0, 0.1) is 5.41 Å². The lowest BCUT2D eigenvalue weighted by atomic mass is 9.69. The molecule has 0 N–H and O–H groups in total. The molecule has 1 aromatic carbocycles. The van der Waals surface area contributed by atoms with Crippen LogP contribution < -0.4 is 0 Å². The molecular weight excluding hydrogens is 312 g/mol. The molecule has 0 spiro atoms. The van der Waals surface area contributed by atoms with Crippen LogP contribution in [0.5, 0.6) is 0 Å². The maximum atomic E-state index is 12.7. The summed E-state index contributed by atoms with van der Waals surface area (Å²) in [7, 11) is 1.47. The Bertz CT molecular complexity index is 952. The number of ether oxygens (including phenoxy) is 1. The zero-order valence-electron chi connectivity index (χ0n) is 14.7. The zero-order valence-corrected chi connectivity index (χ0v) is 14.7. The van der Waals surface area contributed by atoms with Gasteiger partial charge in [0.25, 0.3) is 0 Å². The van der Waals surface area contributed by atoms with Gasteiger partial charge in [-0.25, -0.2) is 4.79 Å². The number of para-hydroxylation sites is 1. The van der Waals surface area contributed by atoms with Crippen molar-refractivity contribution in [2.45, 2.75) is 25.8 Å². The Hall–Kier alpha value is -2.33. The van der Waals surface area contributed by atoms with Gasteiger partial charge in [0.1, 0.15) is 5.70 Å². The van der Waals surface area contributed by atoms with Crippen LogP contribution >= 0.6 is 0 Å². The van der Waals surface area contributed by atoms with E-state index >= 15 is 0 Å². The Morgan fingerprint density at radius 1 is 1.36 bits per heavy atom. The number of nitrogens with zero attached hydrogens (tertiary/aromatic N) is 2. The highest BCUT2D eigenvalue weighted by Gasteiger charge is 2.49. The minimum atomic E-state index is -0.258. The molecule has 0 saturated carbocycles. The lowest BCUT2D eigenvalue weighted by molar-refractivity contribution is -0.134. The van der Waals surface area contributed by atoms with Crippen LogP contribution in [0.15, 0.2) is 42.5 Å². The number of carbonyl (C=O) groups excluding carboxylic acids is 1. The highest BCUT2D eigenvalue weighted by molar-refractivity contribution is 6.13. The van der Waals surface area contributed by atoms with Gasteiger partial charge in [0.2, 0.25) is 0 Å². The SMILES string of the molecule is CC[C@]12C=CCN3CCc4c(n(c5ccccc45)C(C(=O)OC)=C1)[C@H]32. The number of benzene rings is 1. The molecule has 0 aliphatic carbocycles. The van der Waals surface area contributed by atoms with Crippen molar-refractivity contribution in [3.8, 4) is 0 Å². The van der Waals surface area contributed by atoms with Crippen molar-refractivity contribution in [1.82, 2.24) is 9.47 Å². The third kappa shape index (κ3) is 1.78. The fourth-order valence-electron chi connectivity index (χ4n) is 5.10. The number of hydrogen-bond acceptors (Lipinski definition) is 3. The molecule has 4 heterocycles. The maximum Gasteiger partial charge on any atom is 0.354 e. The number of rotatable bonds is 2. The number of hydrogen-bond donors (Lipinski definition) is 0. The average Bonchev–Trinajstić information content (AvgIpc) is 3.01. The number of esters is 1. The molecule has 4 heteroatoms. The van der Waals surface area contributed by atoms with Gasteiger partial charge in [0.05, 0.1) is 18.7 Å². The summed E-state index contributed by atoms with van der Waals surface area (Å²) in [6.45, 7) is 4.26. The highest BCUT2D eigenvalue weighted by Crippen LogP contribution is 2.55. The molecule has 0 amide bonds. The van der Waals surface area contributed by atoms with Crippen molar-refractivity contribution in [2.24, 2.45) is 5.41 Å². The van der Waals surface area contributed by atoms with Crippen LogP contribution in [0.4, 0.5) is 0 Å². The van der Waals surface area contributed by atoms with Crippen molar-refractivity contribution in [2.75, 3.05) is 20.2 Å². The molecule has 3 aliphatic rings. The summed E-state index contributed by atoms with van der Waals surface area (Å²) in [5, 5.41) is 1.27. The second kappa shape index (κ2) is 5.09. The fraction of sp³-hybridized carbons (Fsp3) is 0.381. The maximum absolute atomic E-state index is 12.7. The molecule has 2 aromatic rings. The fourth-order valence-corrected chi connectivity index (χ4v) is 5.10. The summed E-state index contributed by atoms with van der Waals surface area (Å²) in [6, 6.07) is 8.74. The smallest absolute Gasteiger partial charge is 0.354 e. The zero-order chi connectivity index (χ0) is 17.2. The van der Waals surface area contributed by atoms with Crippen LogP contribution in [-0.4, -0.2) is 35.6 Å². The lowest BCUT2D eigenvalue weighted by Crippen LogP contribution is -2.49. The molecule has 3 aliphatic heterocycles. The van der Waals surface area contributed by atoms with E-state index in [1.165, 1.54) is 23.8 Å². The number of methoxy groups -OCH3 is 1. The van der Waals surface area contributed by atoms with Gasteiger partial charge < -0.3 is 9.30 Å². The van der Waals surface area contributed by atoms with Gasteiger partial charge in [-0.3, -0.25) is 4.90 Å². The van der Waals surface area contributed by atoms with Gasteiger partial charge in [-0.2, -0.15) is 0 Å². The van der Waals surface area contributed by atoms with Crippen LogP contribution in [0.3, 0.4) is 0 Å². The van der Waals surface area contributed by atoms with Crippen LogP contribution in [-0.2, 0) is 16.0 Å². The molecule has 0 fully saturated rings. The Morgan fingerprint density at radius 2 is 2.20 bits per heavy atom. The first-order chi connectivity index (χ1) is 12.2. The van der Waals surface area contributed by atoms with Crippen molar-refractivity contribution in [1.29, 1.82) is 0 Å². The van der Waals surface area contributed by atoms with Gasteiger partial charge in [-0.05, 0) is 30.5 Å². The molecule has 0 radical (unpaired) electrons. The summed E-state index contributed by atoms with van der Waals surface area (Å²) in [6.07, 6.45) is 8.72. The van der Waals surface area contributed by atoms with Crippen molar-refractivity contribution < 1.29 is 9.53 Å². The Kier molecular flexibility index (Phi) is 3.04. The van der Waals surface area contributed by atoms with E-state index in [-0.39, 0.29) is 11.4 Å². The number of carbonyl (C=O) groups is 1. The predicted octanol–water partition coefficient (Wildman–Crippen LogP) is 3.53. The first kappa shape index (κ1) is 15.0. The topological polar surface area (TPSA) is 34.5 Å². The minimum Gasteiger partial charge on any atom is -0.464 e. The highest BCUT2D eigenvalue weighted by atomic mass is 16.5. The average molecular weight is 334 g/mol. The van der Waals surface area contributed by atoms with Gasteiger partial charge >= 0.3 is 5.97 Å². The van der Waals surface area contributed by atoms with E-state index in [0.29, 0.717) is 11.7 Å². The molecule has 2 atom stereocenters. The summed E-state index contributed by atoms with van der Waals surface area (Å²) in [5.41, 5.74) is 4.33. The van der Waals surface area contributed by atoms with Gasteiger partial charge in [0, 0.05) is 29.6 Å². The third-order valence-electron chi connectivity index (χ3n) is 6.22. The van der Waals surface area contributed by atoms with Crippen molar-refractivity contribution >= 4 is 22.6 Å². The van der Waals surface area contributed by atoms with Gasteiger partial charge in [0.15, 0.2) is 0 Å². The minimum absolute atomic E-state index is 0.138. The lowest BCUT2D eigenvalue weighted by Gasteiger charge is -2.50. The summed E-state index contributed by atoms with van der Waals surface area (Å²) >= 11 is 0.